The molecule has 0 bridgehead atoms. The van der Waals surface area contributed by atoms with Crippen LogP contribution in [0.5, 0.6) is 5.75 Å². The van der Waals surface area contributed by atoms with Gasteiger partial charge in [-0.05, 0) is 54.5 Å². The van der Waals surface area contributed by atoms with Crippen molar-refractivity contribution in [1.82, 2.24) is 4.90 Å². The number of benzene rings is 1. The molecule has 0 spiro atoms. The fourth-order valence-corrected chi connectivity index (χ4v) is 5.18. The highest BCUT2D eigenvalue weighted by Gasteiger charge is 2.53. The number of carbonyl (C=O) groups is 2. The number of rotatable bonds is 9. The first-order valence-corrected chi connectivity index (χ1v) is 11.2. The van der Waals surface area contributed by atoms with Gasteiger partial charge in [-0.2, -0.15) is 0 Å². The molecule has 32 heavy (non-hydrogen) atoms. The van der Waals surface area contributed by atoms with Crippen LogP contribution in [0.15, 0.2) is 41.0 Å². The van der Waals surface area contributed by atoms with Crippen molar-refractivity contribution in [2.45, 2.75) is 45.1 Å². The zero-order valence-electron chi connectivity index (χ0n) is 18.7. The van der Waals surface area contributed by atoms with Gasteiger partial charge in [0.05, 0.1) is 31.2 Å². The van der Waals surface area contributed by atoms with Gasteiger partial charge in [-0.15, -0.1) is 0 Å². The molecule has 174 valence electrons. The van der Waals surface area contributed by atoms with Gasteiger partial charge in [-0.1, -0.05) is 37.1 Å². The van der Waals surface area contributed by atoms with Crippen molar-refractivity contribution in [3.63, 3.8) is 0 Å². The number of likely N-dealkylation sites (tertiary alicyclic amines) is 1. The Morgan fingerprint density at radius 3 is 2.59 bits per heavy atom. The predicted molar refractivity (Wildman–Crippen MR) is 120 cm³/mol. The van der Waals surface area contributed by atoms with Gasteiger partial charge in [-0.3, -0.25) is 14.5 Å². The SMILES string of the molecule is CCC/C(=C\c1cccc(O)c1)CC[C@@H](O)C1=C(CO)C[C@H]2C(=O)N(C)C(=O)[C@H]2[C@H]1CO. The average Bonchev–Trinajstić information content (AvgIpc) is 2.99. The number of nitrogens with zero attached hydrogens (tertiary/aromatic N) is 1. The van der Waals surface area contributed by atoms with Crippen molar-refractivity contribution >= 4 is 17.9 Å². The number of hydrogen-bond donors (Lipinski definition) is 4. The second-order valence-corrected chi connectivity index (χ2v) is 8.78. The molecule has 7 heteroatoms. The Bertz CT molecular complexity index is 921. The fraction of sp³-hybridized carbons (Fsp3) is 0.520. The van der Waals surface area contributed by atoms with E-state index < -0.39 is 23.9 Å². The van der Waals surface area contributed by atoms with E-state index in [-0.39, 0.29) is 37.2 Å². The van der Waals surface area contributed by atoms with Crippen molar-refractivity contribution in [3.05, 3.63) is 46.5 Å². The molecule has 1 aromatic rings. The number of amides is 2. The molecule has 0 unspecified atom stereocenters. The van der Waals surface area contributed by atoms with E-state index in [2.05, 4.69) is 6.92 Å². The molecule has 3 rings (SSSR count). The van der Waals surface area contributed by atoms with Crippen LogP contribution in [0.3, 0.4) is 0 Å². The molecule has 1 aliphatic carbocycles. The molecular weight excluding hydrogens is 410 g/mol. The average molecular weight is 444 g/mol. The Morgan fingerprint density at radius 2 is 1.97 bits per heavy atom. The van der Waals surface area contributed by atoms with Crippen molar-refractivity contribution in [2.24, 2.45) is 17.8 Å². The lowest BCUT2D eigenvalue weighted by atomic mass is 9.68. The van der Waals surface area contributed by atoms with E-state index in [0.717, 1.165) is 28.9 Å². The second-order valence-electron chi connectivity index (χ2n) is 8.78. The molecule has 2 aliphatic rings. The minimum Gasteiger partial charge on any atom is -0.508 e. The van der Waals surface area contributed by atoms with Crippen LogP contribution in [0.25, 0.3) is 6.08 Å². The molecule has 1 aliphatic heterocycles. The Kier molecular flexibility index (Phi) is 7.87. The summed E-state index contributed by atoms with van der Waals surface area (Å²) in [6.45, 7) is 1.38. The van der Waals surface area contributed by atoms with Crippen LogP contribution in [0.2, 0.25) is 0 Å². The summed E-state index contributed by atoms with van der Waals surface area (Å²) in [6.07, 6.45) is 4.01. The molecule has 4 atom stereocenters. The molecule has 0 aromatic heterocycles. The highest BCUT2D eigenvalue weighted by atomic mass is 16.3. The summed E-state index contributed by atoms with van der Waals surface area (Å²) >= 11 is 0. The zero-order chi connectivity index (χ0) is 23.4. The first-order valence-electron chi connectivity index (χ1n) is 11.2. The lowest BCUT2D eigenvalue weighted by Gasteiger charge is -2.36. The first-order chi connectivity index (χ1) is 15.3. The van der Waals surface area contributed by atoms with E-state index in [1.807, 2.05) is 12.1 Å². The standard InChI is InChI=1S/C25H33NO6/c1-3-5-15(10-16-6-4-7-18(29)11-16)8-9-21(30)22-17(13-27)12-19-23(20(22)14-28)25(32)26(2)24(19)31/h4,6-7,10-11,19-21,23,27-30H,3,5,8-9,12-14H2,1-2H3/b15-10+/t19-,20+,21-,23-/m1/s1. The molecule has 0 radical (unpaired) electrons. The highest BCUT2D eigenvalue weighted by Crippen LogP contribution is 2.45. The monoisotopic (exact) mass is 443 g/mol. The summed E-state index contributed by atoms with van der Waals surface area (Å²) in [4.78, 5) is 26.2. The van der Waals surface area contributed by atoms with Gasteiger partial charge in [0.25, 0.3) is 0 Å². The molecule has 7 nitrogen and oxygen atoms in total. The van der Waals surface area contributed by atoms with Crippen molar-refractivity contribution in [1.29, 1.82) is 0 Å². The third kappa shape index (κ3) is 4.80. The van der Waals surface area contributed by atoms with E-state index in [4.69, 9.17) is 0 Å². The van der Waals surface area contributed by atoms with Gasteiger partial charge in [0.15, 0.2) is 0 Å². The van der Waals surface area contributed by atoms with Crippen LogP contribution in [0, 0.1) is 17.8 Å². The van der Waals surface area contributed by atoms with E-state index >= 15 is 0 Å². The van der Waals surface area contributed by atoms with E-state index in [9.17, 15) is 30.0 Å². The normalized spacial score (nSPS) is 24.8. The van der Waals surface area contributed by atoms with Gasteiger partial charge >= 0.3 is 0 Å². The Labute approximate surface area is 188 Å². The smallest absolute Gasteiger partial charge is 0.233 e. The largest absolute Gasteiger partial charge is 0.508 e. The number of allylic oxidation sites excluding steroid dienone is 1. The quantitative estimate of drug-likeness (QED) is 0.343. The third-order valence-corrected chi connectivity index (χ3v) is 6.70. The number of fused-ring (bicyclic) bond motifs is 1. The number of aliphatic hydroxyl groups is 3. The maximum atomic E-state index is 12.7. The van der Waals surface area contributed by atoms with Gasteiger partial charge < -0.3 is 20.4 Å². The fourth-order valence-electron chi connectivity index (χ4n) is 5.18. The minimum absolute atomic E-state index is 0.190. The molecule has 2 amide bonds. The summed E-state index contributed by atoms with van der Waals surface area (Å²) in [5, 5.41) is 40.8. The van der Waals surface area contributed by atoms with Crippen LogP contribution in [0.4, 0.5) is 0 Å². The number of imide groups is 1. The molecule has 1 heterocycles. The maximum absolute atomic E-state index is 12.7. The summed E-state index contributed by atoms with van der Waals surface area (Å²) in [5.74, 6) is -2.42. The lowest BCUT2D eigenvalue weighted by molar-refractivity contribution is -0.138. The van der Waals surface area contributed by atoms with Crippen LogP contribution in [-0.2, 0) is 9.59 Å². The van der Waals surface area contributed by atoms with Crippen molar-refractivity contribution in [3.8, 4) is 5.75 Å². The second kappa shape index (κ2) is 10.4. The van der Waals surface area contributed by atoms with Crippen molar-refractivity contribution in [2.75, 3.05) is 20.3 Å². The number of aromatic hydroxyl groups is 1. The Balaban J connectivity index is 1.82. The van der Waals surface area contributed by atoms with Crippen LogP contribution < -0.4 is 0 Å². The number of aliphatic hydroxyl groups excluding tert-OH is 3. The maximum Gasteiger partial charge on any atom is 0.233 e. The van der Waals surface area contributed by atoms with Gasteiger partial charge in [0.1, 0.15) is 5.75 Å². The van der Waals surface area contributed by atoms with Gasteiger partial charge in [0.2, 0.25) is 11.8 Å². The zero-order valence-corrected chi connectivity index (χ0v) is 18.7. The third-order valence-electron chi connectivity index (χ3n) is 6.70. The number of hydrogen-bond acceptors (Lipinski definition) is 6. The molecule has 1 aromatic carbocycles. The number of phenols is 1. The predicted octanol–water partition coefficient (Wildman–Crippen LogP) is 2.25. The molecule has 0 saturated carbocycles. The van der Waals surface area contributed by atoms with Crippen LogP contribution in [-0.4, -0.2) is 63.5 Å². The minimum atomic E-state index is -0.937. The van der Waals surface area contributed by atoms with E-state index in [1.54, 1.807) is 18.2 Å². The molecular formula is C25H33NO6. The summed E-state index contributed by atoms with van der Waals surface area (Å²) in [5.41, 5.74) is 3.04. The topological polar surface area (TPSA) is 118 Å². The van der Waals surface area contributed by atoms with Crippen molar-refractivity contribution < 1.29 is 30.0 Å². The Hall–Kier alpha value is -2.48. The van der Waals surface area contributed by atoms with E-state index in [1.165, 1.54) is 7.05 Å². The van der Waals surface area contributed by atoms with Crippen LogP contribution in [0.1, 0.15) is 44.6 Å². The number of phenolic OH excluding ortho intramolecular Hbond substituents is 1. The number of carbonyl (C=O) groups excluding carboxylic acids is 2. The summed E-state index contributed by atoms with van der Waals surface area (Å²) in [6, 6.07) is 6.97. The molecule has 4 N–H and O–H groups in total. The van der Waals surface area contributed by atoms with Gasteiger partial charge in [-0.25, -0.2) is 0 Å². The highest BCUT2D eigenvalue weighted by molar-refractivity contribution is 6.05. The summed E-state index contributed by atoms with van der Waals surface area (Å²) < 4.78 is 0. The lowest BCUT2D eigenvalue weighted by Crippen LogP contribution is -2.39. The first kappa shape index (κ1) is 24.2. The Morgan fingerprint density at radius 1 is 1.22 bits per heavy atom. The van der Waals surface area contributed by atoms with E-state index in [0.29, 0.717) is 24.0 Å². The molecule has 1 saturated heterocycles. The van der Waals surface area contributed by atoms with Gasteiger partial charge in [0, 0.05) is 13.0 Å². The molecule has 1 fully saturated rings. The van der Waals surface area contributed by atoms with Crippen LogP contribution >= 0.6 is 0 Å². The summed E-state index contributed by atoms with van der Waals surface area (Å²) in [7, 11) is 1.44.